The Bertz CT molecular complexity index is 349. The number of hydrogen-bond donors (Lipinski definition) is 1. The van der Waals surface area contributed by atoms with E-state index in [1.54, 1.807) is 25.1 Å². The van der Waals surface area contributed by atoms with Gasteiger partial charge in [0, 0.05) is 10.6 Å². The molecule has 0 aromatic heterocycles. The average Bonchev–Trinajstić information content (AvgIpc) is 2.16. The number of rotatable bonds is 3. The number of halogens is 1. The summed E-state index contributed by atoms with van der Waals surface area (Å²) in [5.41, 5.74) is 0.518. The Kier molecular flexibility index (Phi) is 3.36. The second kappa shape index (κ2) is 4.33. The molecule has 0 bridgehead atoms. The standard InChI is InChI=1S/C10H11ClO3/c1-6(10(12)13)9-7(11)4-3-5-8(9)14-2/h3-6H,1-2H3,(H,12,13)/t6-/m0/s1. The van der Waals surface area contributed by atoms with Crippen LogP contribution in [0.5, 0.6) is 5.75 Å². The third-order valence-electron chi connectivity index (χ3n) is 2.04. The molecule has 0 saturated carbocycles. The molecule has 0 unspecified atom stereocenters. The highest BCUT2D eigenvalue weighted by molar-refractivity contribution is 6.31. The summed E-state index contributed by atoms with van der Waals surface area (Å²) in [5, 5.41) is 9.28. The van der Waals surface area contributed by atoms with Gasteiger partial charge in [0.1, 0.15) is 5.75 Å². The highest BCUT2D eigenvalue weighted by atomic mass is 35.5. The molecule has 1 atom stereocenters. The summed E-state index contributed by atoms with van der Waals surface area (Å²) in [6.45, 7) is 1.58. The number of carboxylic acid groups (broad SMARTS) is 1. The zero-order valence-electron chi connectivity index (χ0n) is 7.95. The monoisotopic (exact) mass is 214 g/mol. The maximum atomic E-state index is 10.8. The van der Waals surface area contributed by atoms with Gasteiger partial charge < -0.3 is 9.84 Å². The van der Waals surface area contributed by atoms with Crippen molar-refractivity contribution < 1.29 is 14.6 Å². The van der Waals surface area contributed by atoms with Gasteiger partial charge >= 0.3 is 5.97 Å². The zero-order chi connectivity index (χ0) is 10.7. The fourth-order valence-corrected chi connectivity index (χ4v) is 1.57. The Labute approximate surface area is 87.3 Å². The molecule has 76 valence electrons. The maximum Gasteiger partial charge on any atom is 0.310 e. The molecule has 1 aromatic carbocycles. The normalized spacial score (nSPS) is 12.2. The van der Waals surface area contributed by atoms with Crippen molar-refractivity contribution in [3.8, 4) is 5.75 Å². The fraction of sp³-hybridized carbons (Fsp3) is 0.300. The first kappa shape index (κ1) is 10.9. The minimum Gasteiger partial charge on any atom is -0.496 e. The third kappa shape index (κ3) is 1.99. The van der Waals surface area contributed by atoms with Crippen LogP contribution in [-0.2, 0) is 4.79 Å². The predicted molar refractivity (Wildman–Crippen MR) is 54.1 cm³/mol. The van der Waals surface area contributed by atoms with E-state index in [-0.39, 0.29) is 0 Å². The summed E-state index contributed by atoms with van der Waals surface area (Å²) >= 11 is 5.90. The molecule has 0 aliphatic heterocycles. The molecule has 1 N–H and O–H groups in total. The van der Waals surface area contributed by atoms with Crippen LogP contribution >= 0.6 is 11.6 Å². The number of methoxy groups -OCH3 is 1. The van der Waals surface area contributed by atoms with E-state index in [1.165, 1.54) is 7.11 Å². The summed E-state index contributed by atoms with van der Waals surface area (Å²) in [6.07, 6.45) is 0. The Morgan fingerprint density at radius 2 is 2.21 bits per heavy atom. The first-order valence-electron chi connectivity index (χ1n) is 4.13. The van der Waals surface area contributed by atoms with Crippen LogP contribution < -0.4 is 4.74 Å². The number of aliphatic carboxylic acids is 1. The van der Waals surface area contributed by atoms with Crippen LogP contribution in [0.4, 0.5) is 0 Å². The highest BCUT2D eigenvalue weighted by Gasteiger charge is 2.20. The summed E-state index contributed by atoms with van der Waals surface area (Å²) in [4.78, 5) is 10.8. The van der Waals surface area contributed by atoms with Gasteiger partial charge in [0.05, 0.1) is 13.0 Å². The predicted octanol–water partition coefficient (Wildman–Crippen LogP) is 2.54. The van der Waals surface area contributed by atoms with E-state index in [9.17, 15) is 4.79 Å². The van der Waals surface area contributed by atoms with Gasteiger partial charge in [-0.05, 0) is 19.1 Å². The van der Waals surface area contributed by atoms with Crippen LogP contribution in [0, 0.1) is 0 Å². The van der Waals surface area contributed by atoms with Gasteiger partial charge in [-0.15, -0.1) is 0 Å². The quantitative estimate of drug-likeness (QED) is 0.841. The lowest BCUT2D eigenvalue weighted by molar-refractivity contribution is -0.138. The lowest BCUT2D eigenvalue weighted by Crippen LogP contribution is -2.09. The molecule has 0 aliphatic rings. The molecule has 4 heteroatoms. The molecule has 0 spiro atoms. The molecule has 1 rings (SSSR count). The van der Waals surface area contributed by atoms with Crippen LogP contribution in [0.25, 0.3) is 0 Å². The second-order valence-electron chi connectivity index (χ2n) is 2.92. The second-order valence-corrected chi connectivity index (χ2v) is 3.32. The summed E-state index contributed by atoms with van der Waals surface area (Å²) in [5.74, 6) is -1.08. The molecule has 0 aliphatic carbocycles. The highest BCUT2D eigenvalue weighted by Crippen LogP contribution is 2.33. The molecular weight excluding hydrogens is 204 g/mol. The van der Waals surface area contributed by atoms with Gasteiger partial charge in [-0.1, -0.05) is 17.7 Å². The fourth-order valence-electron chi connectivity index (χ4n) is 1.24. The lowest BCUT2D eigenvalue weighted by atomic mass is 10.0. The number of carbonyl (C=O) groups is 1. The van der Waals surface area contributed by atoms with Crippen molar-refractivity contribution in [1.82, 2.24) is 0 Å². The molecule has 3 nitrogen and oxygen atoms in total. The van der Waals surface area contributed by atoms with Crippen LogP contribution in [0.3, 0.4) is 0 Å². The smallest absolute Gasteiger partial charge is 0.310 e. The van der Waals surface area contributed by atoms with Gasteiger partial charge in [0.15, 0.2) is 0 Å². The van der Waals surface area contributed by atoms with E-state index in [4.69, 9.17) is 21.4 Å². The van der Waals surface area contributed by atoms with Crippen molar-refractivity contribution >= 4 is 17.6 Å². The molecule has 0 radical (unpaired) electrons. The van der Waals surface area contributed by atoms with Crippen molar-refractivity contribution in [2.75, 3.05) is 7.11 Å². The van der Waals surface area contributed by atoms with Crippen molar-refractivity contribution in [1.29, 1.82) is 0 Å². The first-order chi connectivity index (χ1) is 6.57. The maximum absolute atomic E-state index is 10.8. The summed E-state index contributed by atoms with van der Waals surface area (Å²) in [7, 11) is 1.49. The molecule has 0 saturated heterocycles. The van der Waals surface area contributed by atoms with E-state index in [0.717, 1.165) is 0 Å². The van der Waals surface area contributed by atoms with Crippen molar-refractivity contribution in [3.63, 3.8) is 0 Å². The topological polar surface area (TPSA) is 46.5 Å². The number of benzene rings is 1. The van der Waals surface area contributed by atoms with E-state index >= 15 is 0 Å². The van der Waals surface area contributed by atoms with Crippen LogP contribution in [0.1, 0.15) is 18.4 Å². The third-order valence-corrected chi connectivity index (χ3v) is 2.37. The molecule has 0 amide bonds. The van der Waals surface area contributed by atoms with Gasteiger partial charge in [-0.25, -0.2) is 0 Å². The lowest BCUT2D eigenvalue weighted by Gasteiger charge is -2.13. The molecule has 0 heterocycles. The Morgan fingerprint density at radius 3 is 2.71 bits per heavy atom. The van der Waals surface area contributed by atoms with E-state index in [0.29, 0.717) is 16.3 Å². The van der Waals surface area contributed by atoms with Crippen LogP contribution in [-0.4, -0.2) is 18.2 Å². The zero-order valence-corrected chi connectivity index (χ0v) is 8.71. The van der Waals surface area contributed by atoms with Crippen molar-refractivity contribution in [2.24, 2.45) is 0 Å². The van der Waals surface area contributed by atoms with Crippen LogP contribution in [0.2, 0.25) is 5.02 Å². The minimum atomic E-state index is -0.920. The Hall–Kier alpha value is -1.22. The van der Waals surface area contributed by atoms with Crippen molar-refractivity contribution in [3.05, 3.63) is 28.8 Å². The number of carboxylic acids is 1. The SMILES string of the molecule is COc1cccc(Cl)c1[C@H](C)C(=O)O. The Morgan fingerprint density at radius 1 is 1.57 bits per heavy atom. The Balaban J connectivity index is 3.23. The van der Waals surface area contributed by atoms with Gasteiger partial charge in [-0.2, -0.15) is 0 Å². The van der Waals surface area contributed by atoms with Gasteiger partial charge in [-0.3, -0.25) is 4.79 Å². The molecule has 1 aromatic rings. The molecule has 0 fully saturated rings. The van der Waals surface area contributed by atoms with E-state index in [1.807, 2.05) is 0 Å². The van der Waals surface area contributed by atoms with Crippen LogP contribution in [0.15, 0.2) is 18.2 Å². The number of ether oxygens (including phenoxy) is 1. The van der Waals surface area contributed by atoms with Crippen molar-refractivity contribution in [2.45, 2.75) is 12.8 Å². The first-order valence-corrected chi connectivity index (χ1v) is 4.51. The molecule has 14 heavy (non-hydrogen) atoms. The summed E-state index contributed by atoms with van der Waals surface area (Å²) < 4.78 is 5.05. The summed E-state index contributed by atoms with van der Waals surface area (Å²) in [6, 6.07) is 5.07. The average molecular weight is 215 g/mol. The van der Waals surface area contributed by atoms with Gasteiger partial charge in [0.2, 0.25) is 0 Å². The van der Waals surface area contributed by atoms with E-state index in [2.05, 4.69) is 0 Å². The number of hydrogen-bond acceptors (Lipinski definition) is 2. The largest absolute Gasteiger partial charge is 0.496 e. The van der Waals surface area contributed by atoms with Gasteiger partial charge in [0.25, 0.3) is 0 Å². The molecular formula is C10H11ClO3. The minimum absolute atomic E-state index is 0.416. The van der Waals surface area contributed by atoms with E-state index < -0.39 is 11.9 Å².